The Kier molecular flexibility index (Phi) is 4.10. The molecule has 1 aliphatic rings. The van der Waals surface area contributed by atoms with Crippen LogP contribution in [-0.2, 0) is 10.3 Å². The summed E-state index contributed by atoms with van der Waals surface area (Å²) in [6.45, 7) is 1.71. The molecule has 0 spiro atoms. The van der Waals surface area contributed by atoms with Crippen LogP contribution >= 0.6 is 0 Å². The smallest absolute Gasteiger partial charge is 0.237 e. The molecule has 4 nitrogen and oxygen atoms in total. The number of amides is 1. The monoisotopic (exact) mass is 262 g/mol. The molecule has 1 aliphatic carbocycles. The molecule has 1 amide bonds. The first-order valence-corrected chi connectivity index (χ1v) is 6.79. The minimum Gasteiger partial charge on any atom is -0.497 e. The molecular formula is C15H22N2O2. The largest absolute Gasteiger partial charge is 0.497 e. The number of ether oxygens (including phenoxy) is 1. The van der Waals surface area contributed by atoms with Crippen molar-refractivity contribution >= 4 is 5.91 Å². The first-order chi connectivity index (χ1) is 9.07. The molecule has 19 heavy (non-hydrogen) atoms. The highest BCUT2D eigenvalue weighted by atomic mass is 16.5. The second-order valence-electron chi connectivity index (χ2n) is 5.30. The molecule has 0 bridgehead atoms. The van der Waals surface area contributed by atoms with E-state index >= 15 is 0 Å². The van der Waals surface area contributed by atoms with Crippen molar-refractivity contribution in [3.05, 3.63) is 29.8 Å². The summed E-state index contributed by atoms with van der Waals surface area (Å²) in [5.41, 5.74) is 6.55. The van der Waals surface area contributed by atoms with E-state index in [0.717, 1.165) is 37.0 Å². The fourth-order valence-corrected chi connectivity index (χ4v) is 2.72. The maximum Gasteiger partial charge on any atom is 0.237 e. The number of nitrogens with one attached hydrogen (secondary N) is 1. The minimum atomic E-state index is -0.476. The molecular weight excluding hydrogens is 240 g/mol. The fourth-order valence-electron chi connectivity index (χ4n) is 2.72. The maximum atomic E-state index is 11.9. The van der Waals surface area contributed by atoms with Crippen LogP contribution in [-0.4, -0.2) is 19.1 Å². The quantitative estimate of drug-likeness (QED) is 0.871. The van der Waals surface area contributed by atoms with Crippen molar-refractivity contribution in [3.63, 3.8) is 0 Å². The first-order valence-electron chi connectivity index (χ1n) is 6.79. The van der Waals surface area contributed by atoms with Gasteiger partial charge in [0, 0.05) is 0 Å². The molecule has 1 atom stereocenters. The third-order valence-electron chi connectivity index (χ3n) is 3.88. The first kappa shape index (κ1) is 13.9. The van der Waals surface area contributed by atoms with Crippen LogP contribution < -0.4 is 15.8 Å². The zero-order chi connectivity index (χ0) is 13.9. The Morgan fingerprint density at radius 3 is 2.37 bits per heavy atom. The van der Waals surface area contributed by atoms with Crippen molar-refractivity contribution in [2.24, 2.45) is 5.73 Å². The molecule has 2 rings (SSSR count). The lowest BCUT2D eigenvalue weighted by atomic mass is 9.87. The van der Waals surface area contributed by atoms with Gasteiger partial charge in [-0.15, -0.1) is 0 Å². The Morgan fingerprint density at radius 1 is 1.32 bits per heavy atom. The van der Waals surface area contributed by atoms with E-state index < -0.39 is 6.04 Å². The molecule has 4 heteroatoms. The van der Waals surface area contributed by atoms with E-state index in [9.17, 15) is 4.79 Å². The summed E-state index contributed by atoms with van der Waals surface area (Å²) in [4.78, 5) is 11.9. The van der Waals surface area contributed by atoms with Crippen molar-refractivity contribution in [3.8, 4) is 5.75 Å². The van der Waals surface area contributed by atoms with Crippen LogP contribution in [0.5, 0.6) is 5.75 Å². The van der Waals surface area contributed by atoms with Gasteiger partial charge < -0.3 is 15.8 Å². The summed E-state index contributed by atoms with van der Waals surface area (Å²) in [7, 11) is 1.65. The van der Waals surface area contributed by atoms with Gasteiger partial charge in [-0.25, -0.2) is 0 Å². The van der Waals surface area contributed by atoms with Gasteiger partial charge in [0.1, 0.15) is 5.75 Å². The lowest BCUT2D eigenvalue weighted by molar-refractivity contribution is -0.124. The predicted molar refractivity (Wildman–Crippen MR) is 74.9 cm³/mol. The average molecular weight is 262 g/mol. The molecule has 1 aromatic carbocycles. The number of methoxy groups -OCH3 is 1. The Labute approximate surface area is 114 Å². The summed E-state index contributed by atoms with van der Waals surface area (Å²) in [5, 5.41) is 3.14. The van der Waals surface area contributed by atoms with Gasteiger partial charge in [-0.2, -0.15) is 0 Å². The molecule has 0 saturated heterocycles. The number of carbonyl (C=O) groups excluding carboxylic acids is 1. The molecule has 1 aromatic rings. The summed E-state index contributed by atoms with van der Waals surface area (Å²) < 4.78 is 5.18. The molecule has 0 aromatic heterocycles. The van der Waals surface area contributed by atoms with E-state index in [4.69, 9.17) is 10.5 Å². The van der Waals surface area contributed by atoms with Crippen molar-refractivity contribution in [1.82, 2.24) is 5.32 Å². The molecule has 0 unspecified atom stereocenters. The van der Waals surface area contributed by atoms with Gasteiger partial charge >= 0.3 is 0 Å². The second-order valence-corrected chi connectivity index (χ2v) is 5.30. The third-order valence-corrected chi connectivity index (χ3v) is 3.88. The normalized spacial score (nSPS) is 18.9. The van der Waals surface area contributed by atoms with E-state index in [2.05, 4.69) is 5.32 Å². The summed E-state index contributed by atoms with van der Waals surface area (Å²) in [6.07, 6.45) is 4.20. The number of hydrogen-bond donors (Lipinski definition) is 2. The summed E-state index contributed by atoms with van der Waals surface area (Å²) >= 11 is 0. The van der Waals surface area contributed by atoms with E-state index in [1.165, 1.54) is 0 Å². The van der Waals surface area contributed by atoms with Crippen molar-refractivity contribution in [1.29, 1.82) is 0 Å². The Hall–Kier alpha value is -1.55. The fraction of sp³-hybridized carbons (Fsp3) is 0.533. The average Bonchev–Trinajstić information content (AvgIpc) is 2.88. The predicted octanol–water partition coefficient (Wildman–Crippen LogP) is 1.93. The molecule has 1 saturated carbocycles. The number of rotatable bonds is 4. The summed E-state index contributed by atoms with van der Waals surface area (Å²) in [6, 6.07) is 7.47. The van der Waals surface area contributed by atoms with Crippen LogP contribution in [0.3, 0.4) is 0 Å². The molecule has 0 heterocycles. The maximum absolute atomic E-state index is 11.9. The third kappa shape index (κ3) is 2.89. The molecule has 1 fully saturated rings. The number of hydrogen-bond acceptors (Lipinski definition) is 3. The van der Waals surface area contributed by atoms with Crippen LogP contribution in [0, 0.1) is 0 Å². The Bertz CT molecular complexity index is 434. The lowest BCUT2D eigenvalue weighted by Gasteiger charge is -2.32. The van der Waals surface area contributed by atoms with Crippen LogP contribution in [0.15, 0.2) is 24.3 Å². The van der Waals surface area contributed by atoms with Gasteiger partial charge in [-0.05, 0) is 37.5 Å². The number of nitrogens with two attached hydrogens (primary N) is 1. The highest BCUT2D eigenvalue weighted by Gasteiger charge is 2.37. The minimum absolute atomic E-state index is 0.0854. The molecule has 0 aliphatic heterocycles. The van der Waals surface area contributed by atoms with E-state index in [0.29, 0.717) is 0 Å². The van der Waals surface area contributed by atoms with Gasteiger partial charge in [0.15, 0.2) is 0 Å². The van der Waals surface area contributed by atoms with Crippen LogP contribution in [0.1, 0.15) is 38.2 Å². The van der Waals surface area contributed by atoms with Crippen molar-refractivity contribution < 1.29 is 9.53 Å². The standard InChI is InChI=1S/C15H22N2O2/c1-11(16)14(18)17-15(9-3-4-10-15)12-5-7-13(19-2)8-6-12/h5-8,11H,3-4,9-10,16H2,1-2H3,(H,17,18)/t11-/m0/s1. The van der Waals surface area contributed by atoms with E-state index in [1.807, 2.05) is 24.3 Å². The Balaban J connectivity index is 2.25. The SMILES string of the molecule is COc1ccc(C2(NC(=O)[C@H](C)N)CCCC2)cc1. The van der Waals surface area contributed by atoms with Gasteiger partial charge in [-0.3, -0.25) is 4.79 Å². The van der Waals surface area contributed by atoms with Crippen LogP contribution in [0.25, 0.3) is 0 Å². The topological polar surface area (TPSA) is 64.3 Å². The van der Waals surface area contributed by atoms with Gasteiger partial charge in [-0.1, -0.05) is 25.0 Å². The highest BCUT2D eigenvalue weighted by Crippen LogP contribution is 2.39. The number of benzene rings is 1. The van der Waals surface area contributed by atoms with Crippen LogP contribution in [0.4, 0.5) is 0 Å². The molecule has 3 N–H and O–H groups in total. The van der Waals surface area contributed by atoms with E-state index in [-0.39, 0.29) is 11.4 Å². The van der Waals surface area contributed by atoms with Crippen molar-refractivity contribution in [2.45, 2.75) is 44.2 Å². The second kappa shape index (κ2) is 5.61. The lowest BCUT2D eigenvalue weighted by Crippen LogP contribution is -2.49. The highest BCUT2D eigenvalue weighted by molar-refractivity contribution is 5.82. The zero-order valence-electron chi connectivity index (χ0n) is 11.6. The number of carbonyl (C=O) groups is 1. The van der Waals surface area contributed by atoms with E-state index in [1.54, 1.807) is 14.0 Å². The Morgan fingerprint density at radius 2 is 1.89 bits per heavy atom. The van der Waals surface area contributed by atoms with Crippen molar-refractivity contribution in [2.75, 3.05) is 7.11 Å². The van der Waals surface area contributed by atoms with Gasteiger partial charge in [0.25, 0.3) is 0 Å². The molecule has 104 valence electrons. The summed E-state index contributed by atoms with van der Waals surface area (Å²) in [5.74, 6) is 0.744. The van der Waals surface area contributed by atoms with Gasteiger partial charge in [0.2, 0.25) is 5.91 Å². The van der Waals surface area contributed by atoms with Crippen LogP contribution in [0.2, 0.25) is 0 Å². The van der Waals surface area contributed by atoms with Gasteiger partial charge in [0.05, 0.1) is 18.7 Å². The molecule has 0 radical (unpaired) electrons. The zero-order valence-corrected chi connectivity index (χ0v) is 11.6.